The Morgan fingerprint density at radius 1 is 0.714 bits per heavy atom. The van der Waals surface area contributed by atoms with E-state index in [1.165, 1.54) is 64.2 Å². The molecule has 0 fully saturated rings. The van der Waals surface area contributed by atoms with Crippen molar-refractivity contribution in [1.82, 2.24) is 5.32 Å². The maximum atomic E-state index is 3.61. The number of rotatable bonds is 11. The van der Waals surface area contributed by atoms with Gasteiger partial charge in [0.25, 0.3) is 0 Å². The van der Waals surface area contributed by atoms with Gasteiger partial charge >= 0.3 is 0 Å². The highest BCUT2D eigenvalue weighted by molar-refractivity contribution is 4.49. The Morgan fingerprint density at radius 3 is 1.57 bits per heavy atom. The molecule has 0 spiro atoms. The zero-order valence-electron chi connectivity index (χ0n) is 9.99. The summed E-state index contributed by atoms with van der Waals surface area (Å²) >= 11 is 0. The lowest BCUT2D eigenvalue weighted by Crippen LogP contribution is -2.03. The molecule has 0 rings (SSSR count). The minimum absolute atomic E-state index is 1.08. The van der Waals surface area contributed by atoms with E-state index in [1.54, 1.807) is 0 Å². The minimum atomic E-state index is 1.08. The zero-order valence-corrected chi connectivity index (χ0v) is 9.99. The van der Waals surface area contributed by atoms with Crippen molar-refractivity contribution in [3.63, 3.8) is 0 Å². The minimum Gasteiger partial charge on any atom is -0.315 e. The topological polar surface area (TPSA) is 12.0 Å². The summed E-state index contributed by atoms with van der Waals surface area (Å²) in [5.41, 5.74) is 0. The van der Waals surface area contributed by atoms with Crippen molar-refractivity contribution in [2.24, 2.45) is 0 Å². The van der Waals surface area contributed by atoms with Crippen LogP contribution in [0.5, 0.6) is 0 Å². The number of hydrogen-bond acceptors (Lipinski definition) is 1. The van der Waals surface area contributed by atoms with Gasteiger partial charge in [-0.3, -0.25) is 0 Å². The van der Waals surface area contributed by atoms with E-state index >= 15 is 0 Å². The van der Waals surface area contributed by atoms with Gasteiger partial charge in [-0.25, -0.2) is 0 Å². The van der Waals surface area contributed by atoms with Gasteiger partial charge in [-0.05, 0) is 13.0 Å². The first kappa shape index (κ1) is 14.0. The molecule has 0 saturated carbocycles. The van der Waals surface area contributed by atoms with Crippen LogP contribution in [0, 0.1) is 7.05 Å². The van der Waals surface area contributed by atoms with E-state index in [9.17, 15) is 0 Å². The van der Waals surface area contributed by atoms with Crippen LogP contribution in [0.25, 0.3) is 0 Å². The van der Waals surface area contributed by atoms with Gasteiger partial charge in [0.2, 0.25) is 0 Å². The van der Waals surface area contributed by atoms with Gasteiger partial charge in [0.15, 0.2) is 0 Å². The predicted octanol–water partition coefficient (Wildman–Crippen LogP) is 4.29. The van der Waals surface area contributed by atoms with Crippen LogP contribution in [-0.4, -0.2) is 6.54 Å². The molecular weight excluding hydrogens is 170 g/mol. The quantitative estimate of drug-likeness (QED) is 0.488. The maximum Gasteiger partial charge on any atom is 0.00767 e. The third-order valence-electron chi connectivity index (χ3n) is 2.71. The second kappa shape index (κ2) is 13.0. The van der Waals surface area contributed by atoms with Crippen LogP contribution < -0.4 is 5.32 Å². The average molecular weight is 198 g/mol. The van der Waals surface area contributed by atoms with Crippen molar-refractivity contribution in [3.8, 4) is 0 Å². The van der Waals surface area contributed by atoms with E-state index < -0.39 is 0 Å². The molecule has 1 radical (unpaired) electrons. The van der Waals surface area contributed by atoms with Crippen molar-refractivity contribution < 1.29 is 0 Å². The number of hydrogen-bond donors (Lipinski definition) is 1. The molecule has 85 valence electrons. The third-order valence-corrected chi connectivity index (χ3v) is 2.71. The maximum absolute atomic E-state index is 3.61. The van der Waals surface area contributed by atoms with Gasteiger partial charge in [-0.1, -0.05) is 64.7 Å². The van der Waals surface area contributed by atoms with Gasteiger partial charge in [0, 0.05) is 7.05 Å². The number of nitrogens with one attached hydrogen (secondary N) is 1. The molecule has 0 heterocycles. The van der Waals surface area contributed by atoms with Crippen molar-refractivity contribution in [3.05, 3.63) is 7.05 Å². The van der Waals surface area contributed by atoms with E-state index in [2.05, 4.69) is 19.3 Å². The molecule has 0 aliphatic heterocycles. The molecule has 0 aliphatic carbocycles. The Balaban J connectivity index is 2.78. The molecule has 0 amide bonds. The molecule has 0 aliphatic rings. The zero-order chi connectivity index (χ0) is 10.5. The Morgan fingerprint density at radius 2 is 1.14 bits per heavy atom. The lowest BCUT2D eigenvalue weighted by Gasteiger charge is -2.01. The molecule has 14 heavy (non-hydrogen) atoms. The Kier molecular flexibility index (Phi) is 12.9. The molecule has 0 saturated heterocycles. The molecule has 0 aromatic carbocycles. The van der Waals surface area contributed by atoms with Crippen LogP contribution in [0.4, 0.5) is 0 Å². The van der Waals surface area contributed by atoms with E-state index in [1.807, 2.05) is 0 Å². The van der Waals surface area contributed by atoms with Crippen molar-refractivity contribution >= 4 is 0 Å². The second-order valence-corrected chi connectivity index (χ2v) is 4.18. The third kappa shape index (κ3) is 12.0. The molecule has 0 bridgehead atoms. The van der Waals surface area contributed by atoms with Gasteiger partial charge in [0.1, 0.15) is 0 Å². The lowest BCUT2D eigenvalue weighted by molar-refractivity contribution is 0.553. The summed E-state index contributed by atoms with van der Waals surface area (Å²) in [5, 5.41) is 2.94. The fourth-order valence-electron chi connectivity index (χ4n) is 1.74. The van der Waals surface area contributed by atoms with Crippen LogP contribution >= 0.6 is 0 Å². The second-order valence-electron chi connectivity index (χ2n) is 4.18. The molecule has 1 nitrogen and oxygen atoms in total. The summed E-state index contributed by atoms with van der Waals surface area (Å²) in [7, 11) is 3.61. The van der Waals surface area contributed by atoms with Gasteiger partial charge in [-0.15, -0.1) is 0 Å². The van der Waals surface area contributed by atoms with Gasteiger partial charge in [0.05, 0.1) is 0 Å². The smallest absolute Gasteiger partial charge is 0.00767 e. The van der Waals surface area contributed by atoms with Crippen molar-refractivity contribution in [1.29, 1.82) is 0 Å². The van der Waals surface area contributed by atoms with Crippen LogP contribution in [0.3, 0.4) is 0 Å². The van der Waals surface area contributed by atoms with Crippen molar-refractivity contribution in [2.75, 3.05) is 6.54 Å². The fourth-order valence-corrected chi connectivity index (χ4v) is 1.74. The van der Waals surface area contributed by atoms with Crippen LogP contribution in [0.2, 0.25) is 0 Å². The first-order chi connectivity index (χ1) is 6.91. The summed E-state index contributed by atoms with van der Waals surface area (Å²) in [6, 6.07) is 0. The SMILES string of the molecule is [CH2]NCCCCCCCCCCCC. The van der Waals surface area contributed by atoms with Crippen LogP contribution in [-0.2, 0) is 0 Å². The Bertz CT molecular complexity index is 79.2. The summed E-state index contributed by atoms with van der Waals surface area (Å²) in [6.45, 7) is 3.35. The summed E-state index contributed by atoms with van der Waals surface area (Å²) in [4.78, 5) is 0. The van der Waals surface area contributed by atoms with E-state index in [-0.39, 0.29) is 0 Å². The van der Waals surface area contributed by atoms with Gasteiger partial charge < -0.3 is 5.32 Å². The van der Waals surface area contributed by atoms with Crippen molar-refractivity contribution in [2.45, 2.75) is 71.1 Å². The molecule has 1 heteroatoms. The van der Waals surface area contributed by atoms with E-state index in [0.717, 1.165) is 6.54 Å². The summed E-state index contributed by atoms with van der Waals surface area (Å²) < 4.78 is 0. The van der Waals surface area contributed by atoms with Crippen LogP contribution in [0.1, 0.15) is 71.1 Å². The molecule has 0 aromatic rings. The lowest BCUT2D eigenvalue weighted by atomic mass is 10.1. The first-order valence-electron chi connectivity index (χ1n) is 6.41. The van der Waals surface area contributed by atoms with E-state index in [0.29, 0.717) is 0 Å². The number of unbranched alkanes of at least 4 members (excludes halogenated alkanes) is 9. The normalized spacial score (nSPS) is 10.7. The average Bonchev–Trinajstić information content (AvgIpc) is 2.21. The highest BCUT2D eigenvalue weighted by Gasteiger charge is 1.91. The first-order valence-corrected chi connectivity index (χ1v) is 6.41. The largest absolute Gasteiger partial charge is 0.315 e. The predicted molar refractivity (Wildman–Crippen MR) is 65.2 cm³/mol. The molecule has 0 unspecified atom stereocenters. The summed E-state index contributed by atoms with van der Waals surface area (Å²) in [5.74, 6) is 0. The van der Waals surface area contributed by atoms with Gasteiger partial charge in [-0.2, -0.15) is 0 Å². The van der Waals surface area contributed by atoms with Crippen LogP contribution in [0.15, 0.2) is 0 Å². The Labute approximate surface area is 90.7 Å². The monoisotopic (exact) mass is 198 g/mol. The molecular formula is C13H28N. The van der Waals surface area contributed by atoms with E-state index in [4.69, 9.17) is 0 Å². The Hall–Kier alpha value is -0.0400. The highest BCUT2D eigenvalue weighted by atomic mass is 14.8. The molecule has 1 N–H and O–H groups in total. The standard InChI is InChI=1S/C13H28N/c1-3-4-5-6-7-8-9-10-11-12-13-14-2/h14H,2-13H2,1H3. The molecule has 0 atom stereocenters. The summed E-state index contributed by atoms with van der Waals surface area (Å²) in [6.07, 6.45) is 14.1. The fraction of sp³-hybridized carbons (Fsp3) is 0.923. The molecule has 0 aromatic heterocycles. The highest BCUT2D eigenvalue weighted by Crippen LogP contribution is 2.09.